The van der Waals surface area contributed by atoms with Crippen molar-refractivity contribution >= 4 is 15.9 Å². The number of likely N-dealkylation sites (tertiary alicyclic amines) is 1. The second kappa shape index (κ2) is 6.80. The van der Waals surface area contributed by atoms with Crippen LogP contribution in [0.25, 0.3) is 0 Å². The minimum atomic E-state index is 0.391. The number of nitrogens with two attached hydrogens (primary N) is 1. The Hall–Kier alpha value is -0.380. The second-order valence-corrected chi connectivity index (χ2v) is 7.61. The van der Waals surface area contributed by atoms with Crippen LogP contribution in [0.3, 0.4) is 0 Å². The highest BCUT2D eigenvalue weighted by Gasteiger charge is 2.36. The number of halogens is 1. The minimum absolute atomic E-state index is 0.391. The molecule has 0 spiro atoms. The quantitative estimate of drug-likeness (QED) is 0.874. The molecule has 1 aromatic carbocycles. The first-order valence-corrected chi connectivity index (χ1v) is 9.22. The summed E-state index contributed by atoms with van der Waals surface area (Å²) in [4.78, 5) is 2.73. The summed E-state index contributed by atoms with van der Waals surface area (Å²) < 4.78 is 1.19. The Kier molecular flexibility index (Phi) is 5.03. The molecule has 1 aromatic rings. The Balaban J connectivity index is 1.85. The predicted molar refractivity (Wildman–Crippen MR) is 92.4 cm³/mol. The molecule has 3 rings (SSSR count). The van der Waals surface area contributed by atoms with E-state index in [0.717, 1.165) is 18.5 Å². The van der Waals surface area contributed by atoms with Crippen LogP contribution < -0.4 is 5.73 Å². The van der Waals surface area contributed by atoms with Gasteiger partial charge in [-0.1, -0.05) is 40.9 Å². The molecule has 0 bridgehead atoms. The molecular weight excluding hydrogens is 324 g/mol. The average molecular weight is 351 g/mol. The standard InChI is InChI=1S/C18H27BrN2/c1-13-11-15(8-9-16(13)19)18(12-20)21-10-4-6-14-5-2-3-7-17(14)21/h8-9,11,14,17-18H,2-7,10,12,20H2,1H3/t14-,17-,18?/m1/s1. The van der Waals surface area contributed by atoms with Gasteiger partial charge in [0.15, 0.2) is 0 Å². The first kappa shape index (κ1) is 15.5. The summed E-state index contributed by atoms with van der Waals surface area (Å²) >= 11 is 3.61. The number of aryl methyl sites for hydroxylation is 1. The molecule has 1 unspecified atom stereocenters. The molecule has 1 aliphatic carbocycles. The molecule has 2 fully saturated rings. The van der Waals surface area contributed by atoms with Crippen LogP contribution >= 0.6 is 15.9 Å². The van der Waals surface area contributed by atoms with Crippen molar-refractivity contribution in [3.63, 3.8) is 0 Å². The topological polar surface area (TPSA) is 29.3 Å². The molecule has 1 aliphatic heterocycles. The molecule has 2 aliphatic rings. The van der Waals surface area contributed by atoms with Gasteiger partial charge in [0, 0.05) is 23.1 Å². The van der Waals surface area contributed by atoms with Crippen molar-refractivity contribution in [1.29, 1.82) is 0 Å². The van der Waals surface area contributed by atoms with Crippen LogP contribution in [0.15, 0.2) is 22.7 Å². The molecular formula is C18H27BrN2. The summed E-state index contributed by atoms with van der Waals surface area (Å²) in [5.74, 6) is 0.915. The van der Waals surface area contributed by atoms with E-state index in [1.165, 1.54) is 60.7 Å². The van der Waals surface area contributed by atoms with Gasteiger partial charge in [0.25, 0.3) is 0 Å². The van der Waals surface area contributed by atoms with Gasteiger partial charge in [0.1, 0.15) is 0 Å². The molecule has 2 N–H and O–H groups in total. The number of rotatable bonds is 3. The summed E-state index contributed by atoms with van der Waals surface area (Å²) in [5, 5.41) is 0. The van der Waals surface area contributed by atoms with E-state index in [2.05, 4.69) is 46.0 Å². The smallest absolute Gasteiger partial charge is 0.0473 e. The van der Waals surface area contributed by atoms with E-state index in [1.54, 1.807) is 0 Å². The lowest BCUT2D eigenvalue weighted by Crippen LogP contribution is -2.50. The van der Waals surface area contributed by atoms with Crippen LogP contribution in [0.1, 0.15) is 55.7 Å². The summed E-state index contributed by atoms with van der Waals surface area (Å²) in [7, 11) is 0. The van der Waals surface area contributed by atoms with Crippen molar-refractivity contribution in [2.75, 3.05) is 13.1 Å². The molecule has 3 heteroatoms. The number of nitrogens with zero attached hydrogens (tertiary/aromatic N) is 1. The SMILES string of the molecule is Cc1cc(C(CN)N2CCC[C@H]3CCCC[C@H]32)ccc1Br. The van der Waals surface area contributed by atoms with Gasteiger partial charge in [-0.05, 0) is 62.3 Å². The van der Waals surface area contributed by atoms with Crippen LogP contribution in [0, 0.1) is 12.8 Å². The molecule has 0 aromatic heterocycles. The highest BCUT2D eigenvalue weighted by Crippen LogP contribution is 2.39. The molecule has 0 amide bonds. The molecule has 0 radical (unpaired) electrons. The van der Waals surface area contributed by atoms with Crippen molar-refractivity contribution in [2.45, 2.75) is 57.5 Å². The highest BCUT2D eigenvalue weighted by atomic mass is 79.9. The van der Waals surface area contributed by atoms with Crippen LogP contribution in [0.2, 0.25) is 0 Å². The van der Waals surface area contributed by atoms with Gasteiger partial charge in [-0.15, -0.1) is 0 Å². The molecule has 21 heavy (non-hydrogen) atoms. The van der Waals surface area contributed by atoms with Gasteiger partial charge < -0.3 is 5.73 Å². The number of benzene rings is 1. The monoisotopic (exact) mass is 350 g/mol. The van der Waals surface area contributed by atoms with E-state index in [-0.39, 0.29) is 0 Å². The maximum Gasteiger partial charge on any atom is 0.0473 e. The van der Waals surface area contributed by atoms with Crippen LogP contribution in [0.5, 0.6) is 0 Å². The molecule has 1 heterocycles. The summed E-state index contributed by atoms with van der Waals surface area (Å²) in [6.07, 6.45) is 8.40. The van der Waals surface area contributed by atoms with E-state index in [1.807, 2.05) is 0 Å². The van der Waals surface area contributed by atoms with Gasteiger partial charge in [-0.25, -0.2) is 0 Å². The summed E-state index contributed by atoms with van der Waals surface area (Å²) in [6.45, 7) is 4.11. The van der Waals surface area contributed by atoms with Gasteiger partial charge >= 0.3 is 0 Å². The number of piperidine rings is 1. The van der Waals surface area contributed by atoms with E-state index < -0.39 is 0 Å². The number of fused-ring (bicyclic) bond motifs is 1. The Bertz CT molecular complexity index is 486. The molecule has 1 saturated carbocycles. The third kappa shape index (κ3) is 3.20. The van der Waals surface area contributed by atoms with Gasteiger partial charge in [0.05, 0.1) is 0 Å². The molecule has 3 atom stereocenters. The third-order valence-corrected chi connectivity index (χ3v) is 6.37. The maximum absolute atomic E-state index is 6.19. The molecule has 1 saturated heterocycles. The third-order valence-electron chi connectivity index (χ3n) is 5.48. The van der Waals surface area contributed by atoms with Gasteiger partial charge in [-0.3, -0.25) is 4.90 Å². The Morgan fingerprint density at radius 3 is 2.76 bits per heavy atom. The number of hydrogen-bond donors (Lipinski definition) is 1. The lowest BCUT2D eigenvalue weighted by molar-refractivity contribution is 0.0276. The lowest BCUT2D eigenvalue weighted by Gasteiger charge is -2.47. The normalized spacial score (nSPS) is 28.1. The predicted octanol–water partition coefficient (Wildman–Crippen LogP) is 4.41. The van der Waals surface area contributed by atoms with Crippen LogP contribution in [0.4, 0.5) is 0 Å². The van der Waals surface area contributed by atoms with E-state index in [4.69, 9.17) is 5.73 Å². The highest BCUT2D eigenvalue weighted by molar-refractivity contribution is 9.10. The summed E-state index contributed by atoms with van der Waals surface area (Å²) in [6, 6.07) is 7.90. The second-order valence-electron chi connectivity index (χ2n) is 6.75. The van der Waals surface area contributed by atoms with E-state index in [0.29, 0.717) is 6.04 Å². The molecule has 2 nitrogen and oxygen atoms in total. The fourth-order valence-corrected chi connectivity index (χ4v) is 4.64. The number of hydrogen-bond acceptors (Lipinski definition) is 2. The Morgan fingerprint density at radius 2 is 2.00 bits per heavy atom. The zero-order chi connectivity index (χ0) is 14.8. The maximum atomic E-state index is 6.19. The Morgan fingerprint density at radius 1 is 1.24 bits per heavy atom. The Labute approximate surface area is 137 Å². The largest absolute Gasteiger partial charge is 0.329 e. The van der Waals surface area contributed by atoms with Gasteiger partial charge in [0.2, 0.25) is 0 Å². The van der Waals surface area contributed by atoms with Crippen molar-refractivity contribution in [3.8, 4) is 0 Å². The van der Waals surface area contributed by atoms with Crippen molar-refractivity contribution in [3.05, 3.63) is 33.8 Å². The first-order chi connectivity index (χ1) is 10.2. The van der Waals surface area contributed by atoms with Gasteiger partial charge in [-0.2, -0.15) is 0 Å². The lowest BCUT2D eigenvalue weighted by atomic mass is 9.77. The minimum Gasteiger partial charge on any atom is -0.329 e. The first-order valence-electron chi connectivity index (χ1n) is 8.42. The fraction of sp³-hybridized carbons (Fsp3) is 0.667. The van der Waals surface area contributed by atoms with Crippen LogP contribution in [-0.2, 0) is 0 Å². The van der Waals surface area contributed by atoms with Crippen molar-refractivity contribution in [2.24, 2.45) is 11.7 Å². The zero-order valence-electron chi connectivity index (χ0n) is 13.0. The molecule has 116 valence electrons. The van der Waals surface area contributed by atoms with Crippen LogP contribution in [-0.4, -0.2) is 24.0 Å². The summed E-state index contributed by atoms with van der Waals surface area (Å²) in [5.41, 5.74) is 8.89. The van der Waals surface area contributed by atoms with Crippen molar-refractivity contribution < 1.29 is 0 Å². The van der Waals surface area contributed by atoms with E-state index >= 15 is 0 Å². The van der Waals surface area contributed by atoms with Crippen molar-refractivity contribution in [1.82, 2.24) is 4.90 Å². The van der Waals surface area contributed by atoms with E-state index in [9.17, 15) is 0 Å². The zero-order valence-corrected chi connectivity index (χ0v) is 14.6. The average Bonchev–Trinajstić information content (AvgIpc) is 2.52. The fourth-order valence-electron chi connectivity index (χ4n) is 4.39.